The van der Waals surface area contributed by atoms with Crippen LogP contribution in [0.5, 0.6) is 11.6 Å². The van der Waals surface area contributed by atoms with Crippen LogP contribution in [0.4, 0.5) is 10.5 Å². The van der Waals surface area contributed by atoms with E-state index in [0.717, 1.165) is 22.6 Å². The maximum atomic E-state index is 12.8. The molecule has 3 aromatic heterocycles. The van der Waals surface area contributed by atoms with E-state index in [1.807, 2.05) is 55.3 Å². The van der Waals surface area contributed by atoms with Gasteiger partial charge < -0.3 is 25.0 Å². The highest BCUT2D eigenvalue weighted by Gasteiger charge is 2.51. The van der Waals surface area contributed by atoms with Crippen molar-refractivity contribution in [3.63, 3.8) is 0 Å². The Morgan fingerprint density at radius 1 is 1.10 bits per heavy atom. The zero-order valence-corrected chi connectivity index (χ0v) is 22.4. The third kappa shape index (κ3) is 4.94. The summed E-state index contributed by atoms with van der Waals surface area (Å²) >= 11 is 0. The summed E-state index contributed by atoms with van der Waals surface area (Å²) < 4.78 is 7.90. The first-order valence-corrected chi connectivity index (χ1v) is 13.3. The molecule has 2 fully saturated rings. The Bertz CT molecular complexity index is 1500. The smallest absolute Gasteiger partial charge is 0.318 e. The number of carbonyl (C=O) groups is 1. The van der Waals surface area contributed by atoms with Gasteiger partial charge in [-0.05, 0) is 30.2 Å². The summed E-state index contributed by atoms with van der Waals surface area (Å²) in [7, 11) is 0. The molecule has 2 N–H and O–H groups in total. The minimum absolute atomic E-state index is 0.00465. The SMILES string of the molecule is Cc1cc(OCC(C)c2ccccc2)cn2nc(C(C)CN3CC4(CN(c5ccnc(O)c5)C4)NC3=O)nc12. The molecule has 6 rings (SSSR count). The molecule has 1 spiro atoms. The second kappa shape index (κ2) is 9.76. The number of carbonyl (C=O) groups excluding carboxylic acids is 1. The number of anilines is 1. The number of fused-ring (bicyclic) bond motifs is 1. The third-order valence-corrected chi connectivity index (χ3v) is 7.65. The Morgan fingerprint density at radius 3 is 2.67 bits per heavy atom. The fraction of sp³-hybridized carbons (Fsp3) is 0.379. The van der Waals surface area contributed by atoms with Crippen LogP contribution in [0.3, 0.4) is 0 Å². The summed E-state index contributed by atoms with van der Waals surface area (Å²) in [5.74, 6) is 1.67. The third-order valence-electron chi connectivity index (χ3n) is 7.65. The van der Waals surface area contributed by atoms with Gasteiger partial charge in [0, 0.05) is 56.0 Å². The number of rotatable bonds is 8. The van der Waals surface area contributed by atoms with Gasteiger partial charge in [-0.1, -0.05) is 44.2 Å². The first-order valence-electron chi connectivity index (χ1n) is 13.3. The molecule has 5 heterocycles. The van der Waals surface area contributed by atoms with Crippen molar-refractivity contribution in [3.8, 4) is 11.6 Å². The van der Waals surface area contributed by atoms with Gasteiger partial charge in [0.1, 0.15) is 5.75 Å². The van der Waals surface area contributed by atoms with Gasteiger partial charge in [-0.2, -0.15) is 5.10 Å². The first-order chi connectivity index (χ1) is 18.8. The molecule has 0 radical (unpaired) electrons. The fourth-order valence-corrected chi connectivity index (χ4v) is 5.51. The van der Waals surface area contributed by atoms with Gasteiger partial charge >= 0.3 is 6.03 Å². The quantitative estimate of drug-likeness (QED) is 0.360. The summed E-state index contributed by atoms with van der Waals surface area (Å²) in [6.07, 6.45) is 3.46. The summed E-state index contributed by atoms with van der Waals surface area (Å²) in [6.45, 7) is 9.29. The lowest BCUT2D eigenvalue weighted by molar-refractivity contribution is 0.214. The highest BCUT2D eigenvalue weighted by atomic mass is 16.5. The monoisotopic (exact) mass is 527 g/mol. The summed E-state index contributed by atoms with van der Waals surface area (Å²) in [5, 5.41) is 17.6. The van der Waals surface area contributed by atoms with Gasteiger partial charge in [-0.3, -0.25) is 0 Å². The van der Waals surface area contributed by atoms with Crippen molar-refractivity contribution < 1.29 is 14.6 Å². The molecule has 202 valence electrons. The Balaban J connectivity index is 1.09. The number of nitrogens with zero attached hydrogens (tertiary/aromatic N) is 6. The Morgan fingerprint density at radius 2 is 1.90 bits per heavy atom. The van der Waals surface area contributed by atoms with Crippen LogP contribution in [-0.2, 0) is 0 Å². The molecule has 1 aromatic carbocycles. The zero-order valence-electron chi connectivity index (χ0n) is 22.4. The maximum Gasteiger partial charge on any atom is 0.318 e. The van der Waals surface area contributed by atoms with Crippen LogP contribution in [0.15, 0.2) is 60.9 Å². The molecule has 39 heavy (non-hydrogen) atoms. The van der Waals surface area contributed by atoms with E-state index in [0.29, 0.717) is 38.6 Å². The molecule has 2 amide bonds. The van der Waals surface area contributed by atoms with E-state index in [2.05, 4.69) is 34.3 Å². The number of nitrogens with one attached hydrogen (secondary N) is 1. The van der Waals surface area contributed by atoms with Crippen molar-refractivity contribution in [1.82, 2.24) is 29.8 Å². The van der Waals surface area contributed by atoms with Gasteiger partial charge in [-0.15, -0.1) is 0 Å². The predicted octanol–water partition coefficient (Wildman–Crippen LogP) is 3.71. The summed E-state index contributed by atoms with van der Waals surface area (Å²) in [6, 6.07) is 15.8. The highest BCUT2D eigenvalue weighted by Crippen LogP contribution is 2.33. The number of aryl methyl sites for hydroxylation is 1. The predicted molar refractivity (Wildman–Crippen MR) is 147 cm³/mol. The van der Waals surface area contributed by atoms with Crippen LogP contribution in [0.25, 0.3) is 5.65 Å². The van der Waals surface area contributed by atoms with Crippen LogP contribution in [0, 0.1) is 6.92 Å². The molecule has 0 saturated carbocycles. The molecule has 2 aliphatic heterocycles. The summed E-state index contributed by atoms with van der Waals surface area (Å²) in [4.78, 5) is 25.4. The fourth-order valence-electron chi connectivity index (χ4n) is 5.51. The van der Waals surface area contributed by atoms with Crippen molar-refractivity contribution in [3.05, 3.63) is 77.9 Å². The first kappa shape index (κ1) is 25.0. The van der Waals surface area contributed by atoms with Crippen LogP contribution >= 0.6 is 0 Å². The number of hydrogen-bond donors (Lipinski definition) is 2. The minimum Gasteiger partial charge on any atom is -0.493 e. The number of amides is 2. The molecule has 0 aliphatic carbocycles. The largest absolute Gasteiger partial charge is 0.493 e. The normalized spacial score (nSPS) is 17.8. The van der Waals surface area contributed by atoms with Gasteiger partial charge in [-0.25, -0.2) is 19.3 Å². The Labute approximate surface area is 227 Å². The molecule has 4 aromatic rings. The topological polar surface area (TPSA) is 108 Å². The standard InChI is InChI=1S/C29H33N7O3/c1-19-11-24(39-15-21(3)22-7-5-4-6-8-22)14-36-27(19)31-26(33-36)20(2)13-34-16-29(32-28(34)38)17-35(18-29)23-9-10-30-25(37)12-23/h4-12,14,20-21H,13,15-18H2,1-3H3,(H,30,37)(H,32,38). The molecule has 10 nitrogen and oxygen atoms in total. The van der Waals surface area contributed by atoms with Gasteiger partial charge in [0.05, 0.1) is 18.3 Å². The van der Waals surface area contributed by atoms with Gasteiger partial charge in [0.15, 0.2) is 11.5 Å². The number of pyridine rings is 2. The zero-order chi connectivity index (χ0) is 27.1. The Hall–Kier alpha value is -4.34. The Kier molecular flexibility index (Phi) is 6.25. The van der Waals surface area contributed by atoms with Crippen molar-refractivity contribution >= 4 is 17.4 Å². The molecule has 0 bridgehead atoms. The van der Waals surface area contributed by atoms with E-state index in [-0.39, 0.29) is 29.3 Å². The van der Waals surface area contributed by atoms with E-state index < -0.39 is 0 Å². The van der Waals surface area contributed by atoms with Gasteiger partial charge in [0.2, 0.25) is 5.88 Å². The lowest BCUT2D eigenvalue weighted by atomic mass is 9.90. The number of benzene rings is 1. The van der Waals surface area contributed by atoms with E-state index in [1.165, 1.54) is 5.56 Å². The molecule has 2 saturated heterocycles. The number of aromatic hydroxyl groups is 1. The second-order valence-corrected chi connectivity index (χ2v) is 10.9. The lowest BCUT2D eigenvalue weighted by Gasteiger charge is -2.48. The highest BCUT2D eigenvalue weighted by molar-refractivity contribution is 5.79. The number of hydrogen-bond acceptors (Lipinski definition) is 7. The molecular formula is C29H33N7O3. The number of ether oxygens (including phenoxy) is 1. The lowest BCUT2D eigenvalue weighted by Crippen LogP contribution is -2.69. The molecule has 10 heteroatoms. The minimum atomic E-state index is -0.290. The number of aromatic nitrogens is 4. The van der Waals surface area contributed by atoms with Crippen molar-refractivity contribution in [2.24, 2.45) is 0 Å². The average Bonchev–Trinajstić information content (AvgIpc) is 3.49. The molecular weight excluding hydrogens is 494 g/mol. The van der Waals surface area contributed by atoms with Crippen LogP contribution in [0.2, 0.25) is 0 Å². The van der Waals surface area contributed by atoms with Crippen molar-refractivity contribution in [2.45, 2.75) is 38.1 Å². The van der Waals surface area contributed by atoms with E-state index in [4.69, 9.17) is 14.8 Å². The molecule has 2 atom stereocenters. The average molecular weight is 528 g/mol. The van der Waals surface area contributed by atoms with Crippen LogP contribution in [-0.4, -0.2) is 73.9 Å². The van der Waals surface area contributed by atoms with E-state index >= 15 is 0 Å². The van der Waals surface area contributed by atoms with Crippen LogP contribution in [0.1, 0.15) is 42.6 Å². The van der Waals surface area contributed by atoms with Crippen molar-refractivity contribution in [2.75, 3.05) is 37.7 Å². The second-order valence-electron chi connectivity index (χ2n) is 10.9. The van der Waals surface area contributed by atoms with Crippen molar-refractivity contribution in [1.29, 1.82) is 0 Å². The molecule has 2 aliphatic rings. The summed E-state index contributed by atoms with van der Waals surface area (Å²) in [5.41, 5.74) is 3.63. The van der Waals surface area contributed by atoms with Gasteiger partial charge in [0.25, 0.3) is 0 Å². The van der Waals surface area contributed by atoms with E-state index in [9.17, 15) is 9.90 Å². The molecule has 2 unspecified atom stereocenters. The maximum absolute atomic E-state index is 12.8. The number of urea groups is 1. The van der Waals surface area contributed by atoms with E-state index in [1.54, 1.807) is 16.8 Å². The van der Waals surface area contributed by atoms with Crippen LogP contribution < -0.4 is 15.0 Å².